The summed E-state index contributed by atoms with van der Waals surface area (Å²) in [6.45, 7) is 0. The molecule has 0 fully saturated rings. The molecule has 0 aromatic heterocycles. The summed E-state index contributed by atoms with van der Waals surface area (Å²) in [6, 6.07) is 12.1. The lowest BCUT2D eigenvalue weighted by Crippen LogP contribution is -2.18. The van der Waals surface area contributed by atoms with Crippen molar-refractivity contribution >= 4 is 59.8 Å². The van der Waals surface area contributed by atoms with E-state index in [4.69, 9.17) is 13.7 Å². The number of nitro benzene ring substituents is 1. The number of benzene rings is 3. The predicted molar refractivity (Wildman–Crippen MR) is 137 cm³/mol. The van der Waals surface area contributed by atoms with E-state index in [0.29, 0.717) is 15.8 Å². The number of nitrogens with zero attached hydrogens (tertiary/aromatic N) is 2. The highest BCUT2D eigenvalue weighted by atomic mass is 79.9. The number of rotatable bonds is 9. The molecule has 0 heterocycles. The number of carbonyl (C=O) groups excluding carboxylic acids is 1. The van der Waals surface area contributed by atoms with Crippen molar-refractivity contribution in [2.24, 2.45) is 5.10 Å². The molecule has 0 bridgehead atoms. The summed E-state index contributed by atoms with van der Waals surface area (Å²) in [6.07, 6.45) is 1.32. The van der Waals surface area contributed by atoms with Gasteiger partial charge in [0, 0.05) is 16.6 Å². The Morgan fingerprint density at radius 2 is 1.69 bits per heavy atom. The number of hydrazone groups is 1. The second-order valence-electron chi connectivity index (χ2n) is 6.87. The maximum Gasteiger partial charge on any atom is 0.339 e. The summed E-state index contributed by atoms with van der Waals surface area (Å²) in [7, 11) is -1.57. The van der Waals surface area contributed by atoms with Gasteiger partial charge in [-0.2, -0.15) is 13.5 Å². The summed E-state index contributed by atoms with van der Waals surface area (Å²) in [4.78, 5) is 22.4. The van der Waals surface area contributed by atoms with E-state index in [1.54, 1.807) is 18.2 Å². The fraction of sp³-hybridized carbons (Fsp3) is 0.0909. The van der Waals surface area contributed by atoms with Gasteiger partial charge in [-0.25, -0.2) is 5.43 Å². The Balaban J connectivity index is 1.80. The Labute approximate surface area is 222 Å². The second kappa shape index (κ2) is 11.5. The lowest BCUT2D eigenvalue weighted by Gasteiger charge is -2.13. The fourth-order valence-electron chi connectivity index (χ4n) is 2.87. The number of non-ortho nitro benzene ring substituents is 1. The first-order valence-corrected chi connectivity index (χ1v) is 12.8. The van der Waals surface area contributed by atoms with E-state index in [-0.39, 0.29) is 32.1 Å². The van der Waals surface area contributed by atoms with Crippen molar-refractivity contribution < 1.29 is 31.8 Å². The maximum absolute atomic E-state index is 12.7. The number of hydrogen-bond donors (Lipinski definition) is 1. The second-order valence-corrected chi connectivity index (χ2v) is 10.2. The van der Waals surface area contributed by atoms with Crippen LogP contribution in [0.15, 0.2) is 73.5 Å². The molecule has 3 rings (SSSR count). The zero-order valence-corrected chi connectivity index (χ0v) is 22.6. The molecule has 0 atom stereocenters. The van der Waals surface area contributed by atoms with Gasteiger partial charge < -0.3 is 13.7 Å². The molecule has 0 aliphatic heterocycles. The summed E-state index contributed by atoms with van der Waals surface area (Å²) >= 11 is 6.55. The highest BCUT2D eigenvalue weighted by Gasteiger charge is 2.23. The van der Waals surface area contributed by atoms with Gasteiger partial charge in [-0.3, -0.25) is 14.9 Å². The molecular weight excluding hydrogens is 626 g/mol. The van der Waals surface area contributed by atoms with Gasteiger partial charge in [-0.15, -0.1) is 0 Å². The molecular formula is C22H17Br2N3O8S. The quantitative estimate of drug-likeness (QED) is 0.153. The normalized spacial score (nSPS) is 11.2. The molecule has 11 nitrogen and oxygen atoms in total. The number of nitrogens with one attached hydrogen (secondary N) is 1. The highest BCUT2D eigenvalue weighted by molar-refractivity contribution is 9.10. The molecule has 14 heteroatoms. The molecule has 1 amide bonds. The van der Waals surface area contributed by atoms with Crippen molar-refractivity contribution in [1.29, 1.82) is 0 Å². The van der Waals surface area contributed by atoms with Gasteiger partial charge in [0.15, 0.2) is 11.5 Å². The third-order valence-corrected chi connectivity index (χ3v) is 6.88. The predicted octanol–water partition coefficient (Wildman–Crippen LogP) is 4.67. The van der Waals surface area contributed by atoms with Gasteiger partial charge in [0.1, 0.15) is 10.6 Å². The van der Waals surface area contributed by atoms with Crippen LogP contribution in [-0.2, 0) is 10.1 Å². The first-order chi connectivity index (χ1) is 17.1. The van der Waals surface area contributed by atoms with Crippen LogP contribution in [-0.4, -0.2) is 39.7 Å². The molecule has 0 unspecified atom stereocenters. The minimum absolute atomic E-state index is 0.0521. The van der Waals surface area contributed by atoms with Crippen LogP contribution in [0.2, 0.25) is 0 Å². The molecule has 3 aromatic carbocycles. The zero-order chi connectivity index (χ0) is 26.5. The van der Waals surface area contributed by atoms with Crippen molar-refractivity contribution in [2.45, 2.75) is 4.90 Å². The highest BCUT2D eigenvalue weighted by Crippen LogP contribution is 2.38. The zero-order valence-electron chi connectivity index (χ0n) is 18.6. The molecule has 3 aromatic rings. The molecule has 0 saturated carbocycles. The van der Waals surface area contributed by atoms with Crippen LogP contribution in [0, 0.1) is 10.1 Å². The van der Waals surface area contributed by atoms with Crippen LogP contribution in [0.25, 0.3) is 0 Å². The van der Waals surface area contributed by atoms with E-state index in [1.807, 2.05) is 0 Å². The van der Waals surface area contributed by atoms with E-state index in [1.165, 1.54) is 32.6 Å². The number of halogens is 2. The third-order valence-electron chi connectivity index (χ3n) is 4.57. The number of hydrogen-bond acceptors (Lipinski definition) is 9. The molecule has 0 radical (unpaired) electrons. The van der Waals surface area contributed by atoms with Crippen molar-refractivity contribution in [3.05, 3.63) is 84.8 Å². The molecule has 1 N–H and O–H groups in total. The lowest BCUT2D eigenvalue weighted by molar-refractivity contribution is -0.384. The smallest absolute Gasteiger partial charge is 0.339 e. The number of amides is 1. The summed E-state index contributed by atoms with van der Waals surface area (Å²) < 4.78 is 42.0. The van der Waals surface area contributed by atoms with Crippen molar-refractivity contribution in [1.82, 2.24) is 5.43 Å². The van der Waals surface area contributed by atoms with E-state index in [0.717, 1.165) is 24.3 Å². The average molecular weight is 643 g/mol. The Morgan fingerprint density at radius 1 is 1.03 bits per heavy atom. The molecule has 188 valence electrons. The van der Waals surface area contributed by atoms with Crippen LogP contribution in [0.4, 0.5) is 5.69 Å². The lowest BCUT2D eigenvalue weighted by atomic mass is 10.2. The summed E-state index contributed by atoms with van der Waals surface area (Å²) in [5.74, 6) is -0.233. The molecule has 0 aliphatic rings. The monoisotopic (exact) mass is 641 g/mol. The van der Waals surface area contributed by atoms with Gasteiger partial charge in [-0.1, -0.05) is 15.9 Å². The van der Waals surface area contributed by atoms with Crippen molar-refractivity contribution in [3.63, 3.8) is 0 Å². The largest absolute Gasteiger partial charge is 0.496 e. The standard InChI is InChI=1S/C22H17Br2N3O8S/c1-33-19-8-3-14(23)11-17(19)22(28)26-25-12-13-9-18(24)21(20(10-13)34-2)35-36(31,32)16-6-4-15(5-7-16)27(29)30/h3-12H,1-2H3,(H,26,28)/b25-12-. The minimum atomic E-state index is -4.33. The Hall–Kier alpha value is -3.49. The Bertz CT molecular complexity index is 1440. The average Bonchev–Trinajstić information content (AvgIpc) is 2.85. The summed E-state index contributed by atoms with van der Waals surface area (Å²) in [5, 5.41) is 14.7. The van der Waals surface area contributed by atoms with Crippen LogP contribution < -0.4 is 19.1 Å². The first kappa shape index (κ1) is 27.1. The maximum atomic E-state index is 12.7. The van der Waals surface area contributed by atoms with Gasteiger partial charge in [0.05, 0.1) is 35.4 Å². The van der Waals surface area contributed by atoms with E-state index < -0.39 is 20.9 Å². The van der Waals surface area contributed by atoms with Crippen LogP contribution in [0.3, 0.4) is 0 Å². The topological polar surface area (TPSA) is 146 Å². The van der Waals surface area contributed by atoms with E-state index in [2.05, 4.69) is 42.4 Å². The fourth-order valence-corrected chi connectivity index (χ4v) is 4.84. The number of nitro groups is 1. The van der Waals surface area contributed by atoms with Gasteiger partial charge in [-0.05, 0) is 64.0 Å². The number of methoxy groups -OCH3 is 2. The molecule has 36 heavy (non-hydrogen) atoms. The Morgan fingerprint density at radius 3 is 2.31 bits per heavy atom. The first-order valence-electron chi connectivity index (χ1n) is 9.79. The van der Waals surface area contributed by atoms with E-state index in [9.17, 15) is 23.3 Å². The Kier molecular flexibility index (Phi) is 8.66. The van der Waals surface area contributed by atoms with Gasteiger partial charge in [0.25, 0.3) is 11.6 Å². The van der Waals surface area contributed by atoms with Gasteiger partial charge in [0.2, 0.25) is 0 Å². The molecule has 0 aliphatic carbocycles. The van der Waals surface area contributed by atoms with E-state index >= 15 is 0 Å². The molecule has 0 saturated heterocycles. The molecule has 0 spiro atoms. The van der Waals surface area contributed by atoms with Gasteiger partial charge >= 0.3 is 10.1 Å². The minimum Gasteiger partial charge on any atom is -0.496 e. The van der Waals surface area contributed by atoms with Crippen LogP contribution >= 0.6 is 31.9 Å². The number of ether oxygens (including phenoxy) is 2. The van der Waals surface area contributed by atoms with Crippen molar-refractivity contribution in [2.75, 3.05) is 14.2 Å². The van der Waals surface area contributed by atoms with Crippen molar-refractivity contribution in [3.8, 4) is 17.2 Å². The third kappa shape index (κ3) is 6.38. The van der Waals surface area contributed by atoms with Crippen LogP contribution in [0.5, 0.6) is 17.2 Å². The number of carbonyl (C=O) groups is 1. The van der Waals surface area contributed by atoms with Crippen LogP contribution in [0.1, 0.15) is 15.9 Å². The summed E-state index contributed by atoms with van der Waals surface area (Å²) in [5.41, 5.74) is 2.84. The SMILES string of the molecule is COc1ccc(Br)cc1C(=O)N/N=C\c1cc(Br)c(OS(=O)(=O)c2ccc([N+](=O)[O-])cc2)c(OC)c1.